The molecule has 0 spiro atoms. The molecule has 1 aromatic heterocycles. The monoisotopic (exact) mass is 294 g/mol. The van der Waals surface area contributed by atoms with Crippen LogP contribution in [0.15, 0.2) is 12.1 Å². The first-order chi connectivity index (χ1) is 9.63. The lowest BCUT2D eigenvalue weighted by atomic mass is 10.2. The van der Waals surface area contributed by atoms with Gasteiger partial charge in [0, 0.05) is 18.7 Å². The van der Waals surface area contributed by atoms with Gasteiger partial charge in [0.15, 0.2) is 11.5 Å². The van der Waals surface area contributed by atoms with Crippen LogP contribution < -0.4 is 9.47 Å². The first kappa shape index (κ1) is 13.6. The van der Waals surface area contributed by atoms with E-state index in [0.717, 1.165) is 35.1 Å². The normalized spacial score (nSPS) is 16.4. The number of hydrogen-bond acceptors (Lipinski definition) is 3. The highest BCUT2D eigenvalue weighted by Crippen LogP contribution is 2.37. The van der Waals surface area contributed by atoms with Crippen molar-refractivity contribution in [1.29, 1.82) is 0 Å². The van der Waals surface area contributed by atoms with Gasteiger partial charge in [-0.2, -0.15) is 0 Å². The van der Waals surface area contributed by atoms with Crippen LogP contribution in [0.25, 0.3) is 11.0 Å². The van der Waals surface area contributed by atoms with Gasteiger partial charge in [-0.05, 0) is 25.7 Å². The van der Waals surface area contributed by atoms with Gasteiger partial charge < -0.3 is 14.0 Å². The van der Waals surface area contributed by atoms with E-state index in [0.29, 0.717) is 5.75 Å². The zero-order valence-corrected chi connectivity index (χ0v) is 12.8. The van der Waals surface area contributed by atoms with Crippen molar-refractivity contribution in [2.45, 2.75) is 31.7 Å². The second-order valence-electron chi connectivity index (χ2n) is 5.34. The number of methoxy groups -OCH3 is 2. The van der Waals surface area contributed by atoms with Gasteiger partial charge >= 0.3 is 0 Å². The number of nitrogens with zero attached hydrogens (tertiary/aromatic N) is 2. The Kier molecular flexibility index (Phi) is 3.50. The van der Waals surface area contributed by atoms with Crippen LogP contribution in [0.1, 0.15) is 31.0 Å². The molecule has 1 unspecified atom stereocenters. The fourth-order valence-electron chi connectivity index (χ4n) is 2.52. The third kappa shape index (κ3) is 2.33. The summed E-state index contributed by atoms with van der Waals surface area (Å²) in [5, 5.41) is -0.113. The summed E-state index contributed by atoms with van der Waals surface area (Å²) in [5.41, 5.74) is 1.97. The fraction of sp³-hybridized carbons (Fsp3) is 0.533. The molecule has 3 rings (SSSR count). The lowest BCUT2D eigenvalue weighted by molar-refractivity contribution is 0.355. The van der Waals surface area contributed by atoms with Crippen LogP contribution in [0.2, 0.25) is 0 Å². The predicted molar refractivity (Wildman–Crippen MR) is 79.8 cm³/mol. The number of ether oxygens (including phenoxy) is 2. The van der Waals surface area contributed by atoms with Crippen LogP contribution in [0, 0.1) is 5.92 Å². The summed E-state index contributed by atoms with van der Waals surface area (Å²) in [7, 11) is 3.28. The Balaban J connectivity index is 2.17. The Morgan fingerprint density at radius 2 is 1.95 bits per heavy atom. The molecule has 2 aromatic rings. The number of alkyl halides is 1. The van der Waals surface area contributed by atoms with Crippen LogP contribution >= 0.6 is 11.6 Å². The van der Waals surface area contributed by atoms with Gasteiger partial charge in [0.2, 0.25) is 0 Å². The SMILES string of the molecule is COc1cc2nc(C(C)Cl)n(CC3CC3)c2cc1OC. The number of hydrogen-bond donors (Lipinski definition) is 0. The van der Waals surface area contributed by atoms with Crippen molar-refractivity contribution in [3.63, 3.8) is 0 Å². The molecule has 1 atom stereocenters. The zero-order chi connectivity index (χ0) is 14.3. The second kappa shape index (κ2) is 5.17. The quantitative estimate of drug-likeness (QED) is 0.788. The van der Waals surface area contributed by atoms with Gasteiger partial charge in [0.25, 0.3) is 0 Å². The molecule has 1 saturated carbocycles. The van der Waals surface area contributed by atoms with Crippen molar-refractivity contribution in [2.24, 2.45) is 5.92 Å². The Morgan fingerprint density at radius 1 is 1.30 bits per heavy atom. The highest BCUT2D eigenvalue weighted by molar-refractivity contribution is 6.20. The van der Waals surface area contributed by atoms with Gasteiger partial charge in [-0.3, -0.25) is 0 Å². The van der Waals surface area contributed by atoms with E-state index in [1.54, 1.807) is 14.2 Å². The Morgan fingerprint density at radius 3 is 2.50 bits per heavy atom. The van der Waals surface area contributed by atoms with Crippen molar-refractivity contribution in [1.82, 2.24) is 9.55 Å². The molecule has 5 heteroatoms. The molecule has 20 heavy (non-hydrogen) atoms. The minimum Gasteiger partial charge on any atom is -0.493 e. The molecule has 1 aromatic carbocycles. The summed E-state index contributed by atoms with van der Waals surface area (Å²) in [6, 6.07) is 3.91. The van der Waals surface area contributed by atoms with Gasteiger partial charge in [-0.15, -0.1) is 11.6 Å². The van der Waals surface area contributed by atoms with E-state index in [4.69, 9.17) is 21.1 Å². The average molecular weight is 295 g/mol. The molecule has 0 N–H and O–H groups in total. The number of imidazole rings is 1. The summed E-state index contributed by atoms with van der Waals surface area (Å²) >= 11 is 6.29. The van der Waals surface area contributed by atoms with Crippen molar-refractivity contribution in [3.8, 4) is 11.5 Å². The van der Waals surface area contributed by atoms with Crippen molar-refractivity contribution in [3.05, 3.63) is 18.0 Å². The topological polar surface area (TPSA) is 36.3 Å². The van der Waals surface area contributed by atoms with Crippen LogP contribution in [0.4, 0.5) is 0 Å². The van der Waals surface area contributed by atoms with Gasteiger partial charge in [-0.25, -0.2) is 4.98 Å². The number of rotatable bonds is 5. The highest BCUT2D eigenvalue weighted by Gasteiger charge is 2.26. The maximum absolute atomic E-state index is 6.29. The van der Waals surface area contributed by atoms with Gasteiger partial charge in [0.05, 0.1) is 30.6 Å². The van der Waals surface area contributed by atoms with E-state index in [1.807, 2.05) is 19.1 Å². The smallest absolute Gasteiger partial charge is 0.163 e. The van der Waals surface area contributed by atoms with Crippen molar-refractivity contribution < 1.29 is 9.47 Å². The summed E-state index contributed by atoms with van der Waals surface area (Å²) in [4.78, 5) is 4.67. The molecule has 0 radical (unpaired) electrons. The molecule has 4 nitrogen and oxygen atoms in total. The predicted octanol–water partition coefficient (Wildman–Crippen LogP) is 3.76. The molecule has 1 heterocycles. The van der Waals surface area contributed by atoms with Crippen molar-refractivity contribution in [2.75, 3.05) is 14.2 Å². The lowest BCUT2D eigenvalue weighted by Gasteiger charge is -2.11. The van der Waals surface area contributed by atoms with E-state index in [1.165, 1.54) is 12.8 Å². The van der Waals surface area contributed by atoms with Crippen LogP contribution in [-0.2, 0) is 6.54 Å². The van der Waals surface area contributed by atoms with E-state index in [-0.39, 0.29) is 5.38 Å². The standard InChI is InChI=1S/C15H19ClN2O2/c1-9(16)15-17-11-6-13(19-2)14(20-3)7-12(11)18(15)8-10-4-5-10/h6-7,9-10H,4-5,8H2,1-3H3. The average Bonchev–Trinajstić information content (AvgIpc) is 3.18. The third-order valence-corrected chi connectivity index (χ3v) is 3.97. The summed E-state index contributed by atoms with van der Waals surface area (Å²) in [6.07, 6.45) is 2.59. The molecular weight excluding hydrogens is 276 g/mol. The molecule has 0 saturated heterocycles. The number of aromatic nitrogens is 2. The van der Waals surface area contributed by atoms with E-state index >= 15 is 0 Å². The molecule has 0 bridgehead atoms. The van der Waals surface area contributed by atoms with Crippen LogP contribution in [0.5, 0.6) is 11.5 Å². The van der Waals surface area contributed by atoms with E-state index in [2.05, 4.69) is 9.55 Å². The summed E-state index contributed by atoms with van der Waals surface area (Å²) in [5.74, 6) is 3.11. The first-order valence-electron chi connectivity index (χ1n) is 6.90. The molecule has 1 aliphatic carbocycles. The minimum absolute atomic E-state index is 0.113. The molecule has 1 aliphatic rings. The highest BCUT2D eigenvalue weighted by atomic mass is 35.5. The van der Waals surface area contributed by atoms with Gasteiger partial charge in [0.1, 0.15) is 5.82 Å². The molecule has 0 aliphatic heterocycles. The van der Waals surface area contributed by atoms with Crippen molar-refractivity contribution >= 4 is 22.6 Å². The minimum atomic E-state index is -0.113. The molecule has 1 fully saturated rings. The Bertz CT molecular complexity index is 632. The summed E-state index contributed by atoms with van der Waals surface area (Å²) < 4.78 is 13.0. The van der Waals surface area contributed by atoms with E-state index in [9.17, 15) is 0 Å². The molecule has 0 amide bonds. The van der Waals surface area contributed by atoms with Gasteiger partial charge in [-0.1, -0.05) is 0 Å². The van der Waals surface area contributed by atoms with Crippen LogP contribution in [0.3, 0.4) is 0 Å². The van der Waals surface area contributed by atoms with Crippen LogP contribution in [-0.4, -0.2) is 23.8 Å². The number of fused-ring (bicyclic) bond motifs is 1. The Labute approximate surface area is 123 Å². The second-order valence-corrected chi connectivity index (χ2v) is 5.99. The third-order valence-electron chi connectivity index (χ3n) is 3.78. The molecular formula is C15H19ClN2O2. The maximum Gasteiger partial charge on any atom is 0.163 e. The Hall–Kier alpha value is -1.42. The number of benzene rings is 1. The first-order valence-corrected chi connectivity index (χ1v) is 7.34. The summed E-state index contributed by atoms with van der Waals surface area (Å²) in [6.45, 7) is 2.94. The number of halogens is 1. The molecule has 108 valence electrons. The lowest BCUT2D eigenvalue weighted by Crippen LogP contribution is -2.06. The van der Waals surface area contributed by atoms with E-state index < -0.39 is 0 Å². The zero-order valence-electron chi connectivity index (χ0n) is 12.0. The largest absolute Gasteiger partial charge is 0.493 e. The maximum atomic E-state index is 6.29. The fourth-order valence-corrected chi connectivity index (χ4v) is 2.69.